The minimum Gasteiger partial charge on any atom is -0.381 e. The molecule has 1 atom stereocenters. The Morgan fingerprint density at radius 2 is 1.70 bits per heavy atom. The Hall–Kier alpha value is -0.850. The zero-order valence-electron chi connectivity index (χ0n) is 14.1. The SMILES string of the molecule is O=C(NCC1CCN(C2CCOCC2)CC1)NC[C@H]1CCCO1. The van der Waals surface area contributed by atoms with E-state index >= 15 is 0 Å². The fourth-order valence-corrected chi connectivity index (χ4v) is 3.88. The Morgan fingerprint density at radius 3 is 2.39 bits per heavy atom. The highest BCUT2D eigenvalue weighted by atomic mass is 16.5. The highest BCUT2D eigenvalue weighted by Gasteiger charge is 2.26. The van der Waals surface area contributed by atoms with E-state index in [4.69, 9.17) is 9.47 Å². The molecule has 0 unspecified atom stereocenters. The second kappa shape index (κ2) is 8.85. The minimum atomic E-state index is -0.0487. The van der Waals surface area contributed by atoms with E-state index in [0.717, 1.165) is 52.3 Å². The van der Waals surface area contributed by atoms with Gasteiger partial charge in [-0.25, -0.2) is 4.79 Å². The van der Waals surface area contributed by atoms with Crippen LogP contribution in [0.2, 0.25) is 0 Å². The van der Waals surface area contributed by atoms with E-state index in [2.05, 4.69) is 15.5 Å². The van der Waals surface area contributed by atoms with Gasteiger partial charge in [0.1, 0.15) is 0 Å². The van der Waals surface area contributed by atoms with E-state index in [1.165, 1.54) is 25.7 Å². The molecule has 0 aromatic rings. The van der Waals surface area contributed by atoms with Crippen LogP contribution in [-0.2, 0) is 9.47 Å². The summed E-state index contributed by atoms with van der Waals surface area (Å²) in [5.74, 6) is 0.611. The van der Waals surface area contributed by atoms with Crippen molar-refractivity contribution in [3.05, 3.63) is 0 Å². The first-order chi connectivity index (χ1) is 11.3. The topological polar surface area (TPSA) is 62.8 Å². The second-order valence-electron chi connectivity index (χ2n) is 7.05. The van der Waals surface area contributed by atoms with Crippen molar-refractivity contribution in [2.45, 2.75) is 50.7 Å². The predicted molar refractivity (Wildman–Crippen MR) is 88.5 cm³/mol. The second-order valence-corrected chi connectivity index (χ2v) is 7.05. The lowest BCUT2D eigenvalue weighted by atomic mass is 9.94. The monoisotopic (exact) mass is 325 g/mol. The third kappa shape index (κ3) is 5.33. The molecule has 3 rings (SSSR count). The maximum atomic E-state index is 11.9. The van der Waals surface area contributed by atoms with Gasteiger partial charge in [0.15, 0.2) is 0 Å². The van der Waals surface area contributed by atoms with Crippen LogP contribution in [-0.4, -0.2) is 69.1 Å². The van der Waals surface area contributed by atoms with Gasteiger partial charge in [0.25, 0.3) is 0 Å². The number of hydrogen-bond acceptors (Lipinski definition) is 4. The van der Waals surface area contributed by atoms with Crippen LogP contribution in [0, 0.1) is 5.92 Å². The van der Waals surface area contributed by atoms with Gasteiger partial charge in [-0.15, -0.1) is 0 Å². The number of carbonyl (C=O) groups excluding carboxylic acids is 1. The fraction of sp³-hybridized carbons (Fsp3) is 0.941. The van der Waals surface area contributed by atoms with Gasteiger partial charge in [0.2, 0.25) is 0 Å². The van der Waals surface area contributed by atoms with Crippen LogP contribution in [0.25, 0.3) is 0 Å². The molecule has 3 heterocycles. The Balaban J connectivity index is 1.27. The first kappa shape index (κ1) is 17.0. The summed E-state index contributed by atoms with van der Waals surface area (Å²) in [6, 6.07) is 0.666. The van der Waals surface area contributed by atoms with Gasteiger partial charge >= 0.3 is 6.03 Å². The van der Waals surface area contributed by atoms with E-state index in [1.54, 1.807) is 0 Å². The van der Waals surface area contributed by atoms with Crippen LogP contribution in [0.3, 0.4) is 0 Å². The first-order valence-corrected chi connectivity index (χ1v) is 9.26. The molecule has 3 aliphatic rings. The lowest BCUT2D eigenvalue weighted by Crippen LogP contribution is -2.47. The number of piperidine rings is 1. The molecular formula is C17H31N3O3. The molecule has 0 spiro atoms. The van der Waals surface area contributed by atoms with Gasteiger partial charge in [-0.2, -0.15) is 0 Å². The van der Waals surface area contributed by atoms with Gasteiger partial charge < -0.3 is 25.0 Å². The molecule has 3 saturated heterocycles. The number of carbonyl (C=O) groups is 1. The maximum Gasteiger partial charge on any atom is 0.314 e. The number of urea groups is 1. The fourth-order valence-electron chi connectivity index (χ4n) is 3.88. The third-order valence-corrected chi connectivity index (χ3v) is 5.42. The van der Waals surface area contributed by atoms with Crippen molar-refractivity contribution in [1.82, 2.24) is 15.5 Å². The van der Waals surface area contributed by atoms with E-state index < -0.39 is 0 Å². The molecule has 132 valence electrons. The molecular weight excluding hydrogens is 294 g/mol. The molecule has 6 nitrogen and oxygen atoms in total. The number of nitrogens with one attached hydrogen (secondary N) is 2. The summed E-state index contributed by atoms with van der Waals surface area (Å²) in [6.45, 7) is 6.41. The lowest BCUT2D eigenvalue weighted by Gasteiger charge is -2.39. The average molecular weight is 325 g/mol. The zero-order valence-corrected chi connectivity index (χ0v) is 14.1. The number of nitrogens with zero attached hydrogens (tertiary/aromatic N) is 1. The molecule has 0 aliphatic carbocycles. The summed E-state index contributed by atoms with van der Waals surface area (Å²) in [4.78, 5) is 14.5. The van der Waals surface area contributed by atoms with Crippen molar-refractivity contribution in [2.24, 2.45) is 5.92 Å². The van der Waals surface area contributed by atoms with Crippen molar-refractivity contribution in [1.29, 1.82) is 0 Å². The van der Waals surface area contributed by atoms with Crippen LogP contribution in [0.5, 0.6) is 0 Å². The van der Waals surface area contributed by atoms with Crippen LogP contribution >= 0.6 is 0 Å². The average Bonchev–Trinajstić information content (AvgIpc) is 3.13. The number of ether oxygens (including phenoxy) is 2. The zero-order chi connectivity index (χ0) is 15.9. The van der Waals surface area contributed by atoms with Crippen molar-refractivity contribution in [3.63, 3.8) is 0 Å². The summed E-state index contributed by atoms with van der Waals surface area (Å²) >= 11 is 0. The van der Waals surface area contributed by atoms with Gasteiger partial charge in [0, 0.05) is 39.0 Å². The molecule has 23 heavy (non-hydrogen) atoms. The summed E-state index contributed by atoms with van der Waals surface area (Å²) in [7, 11) is 0. The molecule has 3 fully saturated rings. The molecule has 3 aliphatic heterocycles. The number of likely N-dealkylation sites (tertiary alicyclic amines) is 1. The van der Waals surface area contributed by atoms with Crippen molar-refractivity contribution in [2.75, 3.05) is 46.0 Å². The highest BCUT2D eigenvalue weighted by molar-refractivity contribution is 5.73. The smallest absolute Gasteiger partial charge is 0.314 e. The van der Waals surface area contributed by atoms with Gasteiger partial charge in [-0.1, -0.05) is 0 Å². The summed E-state index contributed by atoms with van der Waals surface area (Å²) in [5.41, 5.74) is 0. The third-order valence-electron chi connectivity index (χ3n) is 5.42. The Labute approximate surface area is 139 Å². The van der Waals surface area contributed by atoms with Crippen LogP contribution in [0.15, 0.2) is 0 Å². The number of rotatable bonds is 5. The van der Waals surface area contributed by atoms with Gasteiger partial charge in [0.05, 0.1) is 6.10 Å². The molecule has 0 aromatic heterocycles. The quantitative estimate of drug-likeness (QED) is 0.801. The van der Waals surface area contributed by atoms with Gasteiger partial charge in [-0.3, -0.25) is 0 Å². The molecule has 0 saturated carbocycles. The van der Waals surface area contributed by atoms with E-state index in [9.17, 15) is 4.79 Å². The van der Waals surface area contributed by atoms with Crippen LogP contribution in [0.1, 0.15) is 38.5 Å². The van der Waals surface area contributed by atoms with Gasteiger partial charge in [-0.05, 0) is 57.5 Å². The highest BCUT2D eigenvalue weighted by Crippen LogP contribution is 2.22. The molecule has 2 N–H and O–H groups in total. The molecule has 0 aromatic carbocycles. The predicted octanol–water partition coefficient (Wildman–Crippen LogP) is 1.36. The van der Waals surface area contributed by atoms with E-state index in [0.29, 0.717) is 18.5 Å². The van der Waals surface area contributed by atoms with Crippen LogP contribution < -0.4 is 10.6 Å². The summed E-state index contributed by atoms with van der Waals surface area (Å²) < 4.78 is 11.0. The first-order valence-electron chi connectivity index (χ1n) is 9.26. The van der Waals surface area contributed by atoms with E-state index in [1.807, 2.05) is 0 Å². The normalized spacial score (nSPS) is 27.9. The lowest BCUT2D eigenvalue weighted by molar-refractivity contribution is 0.0213. The number of amides is 2. The summed E-state index contributed by atoms with van der Waals surface area (Å²) in [5, 5.41) is 5.95. The largest absolute Gasteiger partial charge is 0.381 e. The molecule has 2 amide bonds. The molecule has 0 radical (unpaired) electrons. The van der Waals surface area contributed by atoms with Crippen molar-refractivity contribution in [3.8, 4) is 0 Å². The minimum absolute atomic E-state index is 0.0487. The molecule has 0 bridgehead atoms. The standard InChI is InChI=1S/C17H31N3O3/c21-17(19-13-16-2-1-9-23-16)18-12-14-3-7-20(8-4-14)15-5-10-22-11-6-15/h14-16H,1-13H2,(H2,18,19,21)/t16-/m1/s1. The van der Waals surface area contributed by atoms with E-state index in [-0.39, 0.29) is 12.1 Å². The number of hydrogen-bond donors (Lipinski definition) is 2. The Bertz CT molecular complexity index is 360. The van der Waals surface area contributed by atoms with Crippen LogP contribution in [0.4, 0.5) is 4.79 Å². The summed E-state index contributed by atoms with van der Waals surface area (Å²) in [6.07, 6.45) is 7.10. The van der Waals surface area contributed by atoms with Crippen molar-refractivity contribution < 1.29 is 14.3 Å². The van der Waals surface area contributed by atoms with Crippen molar-refractivity contribution >= 4 is 6.03 Å². The Morgan fingerprint density at radius 1 is 0.957 bits per heavy atom. The Kier molecular flexibility index (Phi) is 6.54. The maximum absolute atomic E-state index is 11.9. The molecule has 6 heteroatoms.